The molecule has 0 radical (unpaired) electrons. The number of thiol groups is 1. The lowest BCUT2D eigenvalue weighted by molar-refractivity contribution is 0.412. The second-order valence-electron chi connectivity index (χ2n) is 3.15. The Kier molecular flexibility index (Phi) is 5.41. The van der Waals surface area contributed by atoms with E-state index in [1.807, 2.05) is 6.07 Å². The molecule has 1 aromatic carbocycles. The number of methoxy groups -OCH3 is 1. The molecule has 0 atom stereocenters. The molecule has 0 aliphatic heterocycles. The molecule has 0 N–H and O–H groups in total. The highest BCUT2D eigenvalue weighted by atomic mass is 79.9. The van der Waals surface area contributed by atoms with Crippen molar-refractivity contribution in [2.24, 2.45) is 0 Å². The van der Waals surface area contributed by atoms with Crippen LogP contribution in [-0.2, 0) is 6.42 Å². The van der Waals surface area contributed by atoms with Crippen molar-refractivity contribution in [1.82, 2.24) is 0 Å². The minimum atomic E-state index is 0.892. The highest BCUT2D eigenvalue weighted by Gasteiger charge is 2.00. The molecular weight excluding hydrogens is 260 g/mol. The molecule has 0 aliphatic rings. The third-order valence-electron chi connectivity index (χ3n) is 2.09. The first-order valence-electron chi connectivity index (χ1n) is 4.71. The van der Waals surface area contributed by atoms with Crippen LogP contribution in [0.4, 0.5) is 0 Å². The van der Waals surface area contributed by atoms with Gasteiger partial charge in [0.05, 0.1) is 11.6 Å². The van der Waals surface area contributed by atoms with E-state index in [4.69, 9.17) is 4.74 Å². The third kappa shape index (κ3) is 3.54. The van der Waals surface area contributed by atoms with Crippen LogP contribution in [-0.4, -0.2) is 12.9 Å². The molecule has 0 fully saturated rings. The van der Waals surface area contributed by atoms with Gasteiger partial charge in [-0.2, -0.15) is 12.6 Å². The van der Waals surface area contributed by atoms with Gasteiger partial charge in [-0.05, 0) is 58.6 Å². The van der Waals surface area contributed by atoms with Crippen molar-refractivity contribution in [1.29, 1.82) is 0 Å². The highest BCUT2D eigenvalue weighted by Crippen LogP contribution is 2.26. The molecule has 1 aromatic rings. The first kappa shape index (κ1) is 11.9. The molecular formula is C11H15BrOS. The minimum absolute atomic E-state index is 0.892. The van der Waals surface area contributed by atoms with Gasteiger partial charge in [0, 0.05) is 0 Å². The summed E-state index contributed by atoms with van der Waals surface area (Å²) in [6, 6.07) is 6.24. The van der Waals surface area contributed by atoms with Gasteiger partial charge in [0.15, 0.2) is 0 Å². The maximum atomic E-state index is 5.17. The summed E-state index contributed by atoms with van der Waals surface area (Å²) in [4.78, 5) is 0. The summed E-state index contributed by atoms with van der Waals surface area (Å²) in [5, 5.41) is 0. The number of hydrogen-bond donors (Lipinski definition) is 1. The molecule has 3 heteroatoms. The lowest BCUT2D eigenvalue weighted by Gasteiger charge is -2.05. The molecule has 0 amide bonds. The molecule has 0 bridgehead atoms. The molecule has 0 aromatic heterocycles. The predicted octanol–water partition coefficient (Wildman–Crippen LogP) is 3.71. The highest BCUT2D eigenvalue weighted by molar-refractivity contribution is 9.10. The zero-order valence-electron chi connectivity index (χ0n) is 8.29. The van der Waals surface area contributed by atoms with E-state index in [1.54, 1.807) is 7.11 Å². The second-order valence-corrected chi connectivity index (χ2v) is 4.45. The number of rotatable bonds is 5. The third-order valence-corrected chi connectivity index (χ3v) is 3.03. The van der Waals surface area contributed by atoms with E-state index < -0.39 is 0 Å². The van der Waals surface area contributed by atoms with Crippen LogP contribution in [0.2, 0.25) is 0 Å². The van der Waals surface area contributed by atoms with Gasteiger partial charge in [-0.15, -0.1) is 0 Å². The van der Waals surface area contributed by atoms with Gasteiger partial charge in [0.2, 0.25) is 0 Å². The SMILES string of the molecule is COc1ccc(CCCCS)cc1Br. The topological polar surface area (TPSA) is 9.23 Å². The normalized spacial score (nSPS) is 10.2. The molecule has 78 valence electrons. The molecule has 0 aliphatic carbocycles. The maximum absolute atomic E-state index is 5.17. The lowest BCUT2D eigenvalue weighted by Crippen LogP contribution is -1.89. The molecule has 0 unspecified atom stereocenters. The summed E-state index contributed by atoms with van der Waals surface area (Å²) in [6.07, 6.45) is 3.48. The van der Waals surface area contributed by atoms with Crippen molar-refractivity contribution in [2.75, 3.05) is 12.9 Å². The Morgan fingerprint density at radius 3 is 2.71 bits per heavy atom. The van der Waals surface area contributed by atoms with Crippen molar-refractivity contribution >= 4 is 28.6 Å². The lowest BCUT2D eigenvalue weighted by atomic mass is 10.1. The number of halogens is 1. The average molecular weight is 275 g/mol. The monoisotopic (exact) mass is 274 g/mol. The summed E-state index contributed by atoms with van der Waals surface area (Å²) in [6.45, 7) is 0. The van der Waals surface area contributed by atoms with Crippen LogP contribution in [0.1, 0.15) is 18.4 Å². The van der Waals surface area contributed by atoms with Crippen LogP contribution < -0.4 is 4.74 Å². The van der Waals surface area contributed by atoms with Gasteiger partial charge < -0.3 is 4.74 Å². The Bertz CT molecular complexity index is 289. The van der Waals surface area contributed by atoms with Crippen LogP contribution in [0, 0.1) is 0 Å². The number of benzene rings is 1. The van der Waals surface area contributed by atoms with E-state index in [2.05, 4.69) is 40.7 Å². The summed E-state index contributed by atoms with van der Waals surface area (Å²) < 4.78 is 6.20. The molecule has 0 saturated heterocycles. The quantitative estimate of drug-likeness (QED) is 0.636. The van der Waals surface area contributed by atoms with Crippen molar-refractivity contribution in [2.45, 2.75) is 19.3 Å². The Balaban J connectivity index is 2.57. The first-order valence-corrected chi connectivity index (χ1v) is 6.13. The van der Waals surface area contributed by atoms with Gasteiger partial charge in [0.25, 0.3) is 0 Å². The Morgan fingerprint density at radius 1 is 1.36 bits per heavy atom. The second kappa shape index (κ2) is 6.36. The summed E-state index contributed by atoms with van der Waals surface area (Å²) >= 11 is 7.67. The molecule has 0 spiro atoms. The molecule has 0 heterocycles. The molecule has 14 heavy (non-hydrogen) atoms. The Hall–Kier alpha value is -0.150. The van der Waals surface area contributed by atoms with Gasteiger partial charge in [-0.1, -0.05) is 6.07 Å². The van der Waals surface area contributed by atoms with Gasteiger partial charge in [0.1, 0.15) is 5.75 Å². The van der Waals surface area contributed by atoms with Crippen LogP contribution in [0.3, 0.4) is 0 Å². The van der Waals surface area contributed by atoms with E-state index in [1.165, 1.54) is 18.4 Å². The Labute approximate surface area is 99.4 Å². The fourth-order valence-electron chi connectivity index (χ4n) is 1.31. The van der Waals surface area contributed by atoms with Crippen LogP contribution >= 0.6 is 28.6 Å². The first-order chi connectivity index (χ1) is 6.77. The zero-order valence-corrected chi connectivity index (χ0v) is 10.8. The fraction of sp³-hybridized carbons (Fsp3) is 0.455. The predicted molar refractivity (Wildman–Crippen MR) is 67.5 cm³/mol. The van der Waals surface area contributed by atoms with Crippen LogP contribution in [0.15, 0.2) is 22.7 Å². The van der Waals surface area contributed by atoms with Crippen LogP contribution in [0.25, 0.3) is 0 Å². The van der Waals surface area contributed by atoms with E-state index in [9.17, 15) is 0 Å². The van der Waals surface area contributed by atoms with E-state index >= 15 is 0 Å². The summed E-state index contributed by atoms with van der Waals surface area (Å²) in [5.74, 6) is 1.86. The standard InChI is InChI=1S/C11H15BrOS/c1-13-11-6-5-9(8-10(11)12)4-2-3-7-14/h5-6,8,14H,2-4,7H2,1H3. The maximum Gasteiger partial charge on any atom is 0.133 e. The van der Waals surface area contributed by atoms with E-state index in [0.717, 1.165) is 22.4 Å². The van der Waals surface area contributed by atoms with Gasteiger partial charge in [-0.3, -0.25) is 0 Å². The van der Waals surface area contributed by atoms with Crippen molar-refractivity contribution in [3.63, 3.8) is 0 Å². The number of ether oxygens (including phenoxy) is 1. The van der Waals surface area contributed by atoms with Crippen molar-refractivity contribution in [3.8, 4) is 5.75 Å². The molecule has 0 saturated carbocycles. The van der Waals surface area contributed by atoms with Gasteiger partial charge >= 0.3 is 0 Å². The number of aryl methyl sites for hydroxylation is 1. The van der Waals surface area contributed by atoms with Gasteiger partial charge in [-0.25, -0.2) is 0 Å². The molecule has 1 nitrogen and oxygen atoms in total. The fourth-order valence-corrected chi connectivity index (χ4v) is 2.12. The average Bonchev–Trinajstić information content (AvgIpc) is 2.18. The number of unbranched alkanes of at least 4 members (excludes halogenated alkanes) is 1. The summed E-state index contributed by atoms with van der Waals surface area (Å²) in [5.41, 5.74) is 1.35. The molecule has 1 rings (SSSR count). The largest absolute Gasteiger partial charge is 0.496 e. The van der Waals surface area contributed by atoms with Crippen LogP contribution in [0.5, 0.6) is 5.75 Å². The van der Waals surface area contributed by atoms with E-state index in [-0.39, 0.29) is 0 Å². The zero-order chi connectivity index (χ0) is 10.4. The number of hydrogen-bond acceptors (Lipinski definition) is 2. The van der Waals surface area contributed by atoms with Crippen molar-refractivity contribution < 1.29 is 4.74 Å². The minimum Gasteiger partial charge on any atom is -0.496 e. The van der Waals surface area contributed by atoms with Crippen molar-refractivity contribution in [3.05, 3.63) is 28.2 Å². The van der Waals surface area contributed by atoms with E-state index in [0.29, 0.717) is 0 Å². The Morgan fingerprint density at radius 2 is 2.14 bits per heavy atom. The summed E-state index contributed by atoms with van der Waals surface area (Å²) in [7, 11) is 1.68. The smallest absolute Gasteiger partial charge is 0.133 e.